The van der Waals surface area contributed by atoms with Crippen LogP contribution in [0.3, 0.4) is 0 Å². The number of aliphatic hydroxyl groups is 5. The average molecular weight is 661 g/mol. The fourth-order valence-electron chi connectivity index (χ4n) is 6.19. The Bertz CT molecular complexity index is 1730. The van der Waals surface area contributed by atoms with Crippen molar-refractivity contribution in [3.05, 3.63) is 35.4 Å². The first-order valence-electron chi connectivity index (χ1n) is 14.6. The summed E-state index contributed by atoms with van der Waals surface area (Å²) in [5.74, 6) is 0.382. The molecule has 0 bridgehead atoms. The van der Waals surface area contributed by atoms with Crippen LogP contribution in [0.15, 0.2) is 24.3 Å². The van der Waals surface area contributed by atoms with E-state index in [0.717, 1.165) is 0 Å². The Morgan fingerprint density at radius 2 is 1.60 bits per heavy atom. The molecule has 0 amide bonds. The van der Waals surface area contributed by atoms with Gasteiger partial charge in [0.1, 0.15) is 42.0 Å². The molecule has 3 aromatic carbocycles. The van der Waals surface area contributed by atoms with E-state index in [1.54, 1.807) is 18.2 Å². The summed E-state index contributed by atoms with van der Waals surface area (Å²) in [5, 5.41) is 63.8. The molecule has 4 aliphatic heterocycles. The highest BCUT2D eigenvalue weighted by molar-refractivity contribution is 6.14. The van der Waals surface area contributed by atoms with Crippen molar-refractivity contribution in [1.29, 1.82) is 0 Å². The molecule has 16 nitrogen and oxygen atoms in total. The third kappa shape index (κ3) is 5.04. The lowest BCUT2D eigenvalue weighted by Gasteiger charge is -2.38. The number of carbonyl (C=O) groups is 1. The predicted octanol–water partition coefficient (Wildman–Crippen LogP) is -0.0886. The molecular formula is C31H32O16. The smallest absolute Gasteiger partial charge is 0.339 e. The lowest BCUT2D eigenvalue weighted by molar-refractivity contribution is -0.306. The Labute approximate surface area is 266 Å². The number of phenolic OH excluding ortho intramolecular Hbond substituents is 1. The van der Waals surface area contributed by atoms with Gasteiger partial charge in [0.2, 0.25) is 13.1 Å². The number of rotatable bonds is 8. The first kappa shape index (κ1) is 31.5. The molecule has 252 valence electrons. The van der Waals surface area contributed by atoms with Gasteiger partial charge in [-0.05, 0) is 23.6 Å². The molecule has 3 aromatic rings. The second-order valence-corrected chi connectivity index (χ2v) is 11.5. The number of carbonyl (C=O) groups excluding carboxylic acids is 1. The summed E-state index contributed by atoms with van der Waals surface area (Å²) in [6.45, 7) is -2.00. The summed E-state index contributed by atoms with van der Waals surface area (Å²) in [4.78, 5) is 13.4. The monoisotopic (exact) mass is 660 g/mol. The molecule has 7 rings (SSSR count). The molecule has 4 aliphatic rings. The van der Waals surface area contributed by atoms with E-state index in [2.05, 4.69) is 0 Å². The Balaban J connectivity index is 1.39. The number of methoxy groups -OCH3 is 2. The Hall–Kier alpha value is -4.13. The van der Waals surface area contributed by atoms with Crippen molar-refractivity contribution < 1.29 is 78.1 Å². The van der Waals surface area contributed by atoms with Gasteiger partial charge >= 0.3 is 5.97 Å². The highest BCUT2D eigenvalue weighted by atomic mass is 16.8. The summed E-state index contributed by atoms with van der Waals surface area (Å²) in [7, 11) is 2.86. The zero-order valence-electron chi connectivity index (χ0n) is 25.1. The van der Waals surface area contributed by atoms with E-state index in [1.807, 2.05) is 0 Å². The standard InChI is InChI=1S/C31H32O16/c1-39-18-3-12-13(4-19(18)40-2)26(15-7-41-28(37)23(15)22(12)14-5-20-21(6-16(14)33)45-11-44-20)46-30-27(31(38,9-32)10-43-30)47-29-25(36)24(35)17(34)8-42-29/h3-6,17,24-25,27,29-30,32-36,38H,7-11H2,1-2H3/t17-,24+,25-,27+,29+,30+,31-/m1/s1. The number of hydrogen-bond donors (Lipinski definition) is 6. The molecule has 6 N–H and O–H groups in total. The van der Waals surface area contributed by atoms with E-state index >= 15 is 0 Å². The molecule has 47 heavy (non-hydrogen) atoms. The van der Waals surface area contributed by atoms with Gasteiger partial charge in [-0.25, -0.2) is 4.79 Å². The van der Waals surface area contributed by atoms with E-state index in [-0.39, 0.29) is 65.3 Å². The largest absolute Gasteiger partial charge is 0.507 e. The zero-order chi connectivity index (χ0) is 33.2. The molecule has 0 aliphatic carbocycles. The highest BCUT2D eigenvalue weighted by Crippen LogP contribution is 2.52. The third-order valence-corrected chi connectivity index (χ3v) is 8.69. The zero-order valence-corrected chi connectivity index (χ0v) is 25.1. The molecule has 16 heteroatoms. The van der Waals surface area contributed by atoms with Crippen LogP contribution in [0.1, 0.15) is 15.9 Å². The molecule has 2 saturated heterocycles. The van der Waals surface area contributed by atoms with Crippen molar-refractivity contribution in [3.8, 4) is 45.6 Å². The molecular weight excluding hydrogens is 628 g/mol. The van der Waals surface area contributed by atoms with Gasteiger partial charge in [-0.15, -0.1) is 0 Å². The van der Waals surface area contributed by atoms with Crippen LogP contribution < -0.4 is 23.7 Å². The van der Waals surface area contributed by atoms with Gasteiger partial charge in [0.15, 0.2) is 35.4 Å². The minimum absolute atomic E-state index is 0.0514. The van der Waals surface area contributed by atoms with Gasteiger partial charge < -0.3 is 73.3 Å². The maximum Gasteiger partial charge on any atom is 0.339 e. The first-order valence-corrected chi connectivity index (χ1v) is 14.6. The predicted molar refractivity (Wildman–Crippen MR) is 154 cm³/mol. The van der Waals surface area contributed by atoms with Gasteiger partial charge in [-0.2, -0.15) is 0 Å². The van der Waals surface area contributed by atoms with Crippen LogP contribution in [0.25, 0.3) is 21.9 Å². The van der Waals surface area contributed by atoms with Crippen molar-refractivity contribution in [2.24, 2.45) is 0 Å². The summed E-state index contributed by atoms with van der Waals surface area (Å²) in [6, 6.07) is 6.11. The molecule has 4 heterocycles. The van der Waals surface area contributed by atoms with Gasteiger partial charge in [-0.1, -0.05) is 0 Å². The minimum Gasteiger partial charge on any atom is -0.507 e. The van der Waals surface area contributed by atoms with Crippen LogP contribution in [0, 0.1) is 0 Å². The second-order valence-electron chi connectivity index (χ2n) is 11.5. The summed E-state index contributed by atoms with van der Waals surface area (Å²) < 4.78 is 50.9. The fraction of sp³-hybridized carbons (Fsp3) is 0.452. The number of aromatic hydroxyl groups is 1. The summed E-state index contributed by atoms with van der Waals surface area (Å²) >= 11 is 0. The topological polar surface area (TPSA) is 222 Å². The van der Waals surface area contributed by atoms with Crippen molar-refractivity contribution in [2.45, 2.75) is 49.2 Å². The van der Waals surface area contributed by atoms with Crippen molar-refractivity contribution in [3.63, 3.8) is 0 Å². The molecule has 0 aromatic heterocycles. The number of hydrogen-bond acceptors (Lipinski definition) is 16. The number of fused-ring (bicyclic) bond motifs is 3. The molecule has 2 fully saturated rings. The van der Waals surface area contributed by atoms with E-state index in [9.17, 15) is 35.4 Å². The number of aliphatic hydroxyl groups excluding tert-OH is 4. The third-order valence-electron chi connectivity index (χ3n) is 8.69. The maximum atomic E-state index is 13.4. The fourth-order valence-corrected chi connectivity index (χ4v) is 6.19. The number of benzene rings is 3. The lowest BCUT2D eigenvalue weighted by Crippen LogP contribution is -2.58. The van der Waals surface area contributed by atoms with Crippen LogP contribution in [-0.2, 0) is 25.6 Å². The van der Waals surface area contributed by atoms with E-state index in [4.69, 9.17) is 42.6 Å². The van der Waals surface area contributed by atoms with E-state index in [1.165, 1.54) is 20.3 Å². The molecule has 0 spiro atoms. The van der Waals surface area contributed by atoms with Gasteiger partial charge in [0.25, 0.3) is 0 Å². The number of phenols is 1. The van der Waals surface area contributed by atoms with E-state index < -0.39 is 61.8 Å². The van der Waals surface area contributed by atoms with Crippen LogP contribution in [-0.4, -0.2) is 120 Å². The average Bonchev–Trinajstić information content (AvgIpc) is 3.77. The van der Waals surface area contributed by atoms with E-state index in [0.29, 0.717) is 22.3 Å². The lowest BCUT2D eigenvalue weighted by atomic mass is 9.88. The maximum absolute atomic E-state index is 13.4. The van der Waals surface area contributed by atoms with Crippen LogP contribution in [0.4, 0.5) is 0 Å². The second kappa shape index (κ2) is 11.8. The van der Waals surface area contributed by atoms with Gasteiger partial charge in [-0.3, -0.25) is 0 Å². The first-order chi connectivity index (χ1) is 22.6. The minimum atomic E-state index is -2.06. The Morgan fingerprint density at radius 1 is 0.894 bits per heavy atom. The summed E-state index contributed by atoms with van der Waals surface area (Å²) in [5.41, 5.74) is -1.23. The molecule has 0 radical (unpaired) electrons. The molecule has 7 atom stereocenters. The van der Waals surface area contributed by atoms with Crippen LogP contribution in [0.2, 0.25) is 0 Å². The van der Waals surface area contributed by atoms with Gasteiger partial charge in [0, 0.05) is 28.1 Å². The Kier molecular flexibility index (Phi) is 7.92. The van der Waals surface area contributed by atoms with Gasteiger partial charge in [0.05, 0.1) is 39.6 Å². The van der Waals surface area contributed by atoms with Crippen LogP contribution >= 0.6 is 0 Å². The van der Waals surface area contributed by atoms with Crippen LogP contribution in [0.5, 0.6) is 34.5 Å². The van der Waals surface area contributed by atoms with Crippen molar-refractivity contribution >= 4 is 16.7 Å². The number of ether oxygens (including phenoxy) is 9. The van der Waals surface area contributed by atoms with Crippen molar-refractivity contribution in [2.75, 3.05) is 40.8 Å². The normalized spacial score (nSPS) is 29.6. The quantitative estimate of drug-likeness (QED) is 0.174. The van der Waals surface area contributed by atoms with Crippen molar-refractivity contribution in [1.82, 2.24) is 0 Å². The molecule has 0 unspecified atom stereocenters. The number of esters is 1. The highest BCUT2D eigenvalue weighted by Gasteiger charge is 2.54. The summed E-state index contributed by atoms with van der Waals surface area (Å²) in [6.07, 6.45) is -9.25. The number of cyclic esters (lactones) is 1. The molecule has 0 saturated carbocycles. The SMILES string of the molecule is COc1cc2c(O[C@@H]3OC[C@](O)(CO)[C@H]3O[C@@H]3OC[C@@H](O)[C@H](O)[C@H]3O)c3c(c(-c4cc5c(cc4O)OCO5)c2cc1OC)C(=O)OC3. The Morgan fingerprint density at radius 3 is 2.30 bits per heavy atom.